The van der Waals surface area contributed by atoms with Crippen LogP contribution < -0.4 is 5.73 Å². The summed E-state index contributed by atoms with van der Waals surface area (Å²) in [6.45, 7) is 5.42. The van der Waals surface area contributed by atoms with Crippen LogP contribution in [-0.2, 0) is 20.7 Å². The number of nitrogens with two attached hydrogens (primary N) is 1. The van der Waals surface area contributed by atoms with Crippen molar-refractivity contribution >= 4 is 11.8 Å². The Bertz CT molecular complexity index is 622. The molecule has 1 aliphatic heterocycles. The molecule has 0 spiro atoms. The number of hydrogen-bond acceptors (Lipinski definition) is 4. The molecule has 0 aliphatic carbocycles. The maximum atomic E-state index is 12.7. The van der Waals surface area contributed by atoms with Crippen molar-refractivity contribution in [3.63, 3.8) is 0 Å². The van der Waals surface area contributed by atoms with Gasteiger partial charge in [0.15, 0.2) is 0 Å². The molecule has 1 aromatic carbocycles. The number of imide groups is 1. The Morgan fingerprint density at radius 3 is 2.43 bits per heavy atom. The fourth-order valence-corrected chi connectivity index (χ4v) is 2.80. The fraction of sp³-hybridized carbons (Fsp3) is 0.444. The molecule has 2 amide bonds. The number of rotatable bonds is 5. The Balaban J connectivity index is 2.35. The maximum Gasteiger partial charge on any atom is 0.260 e. The lowest BCUT2D eigenvalue weighted by Gasteiger charge is -2.28. The van der Waals surface area contributed by atoms with Crippen molar-refractivity contribution in [2.24, 2.45) is 11.7 Å². The van der Waals surface area contributed by atoms with Gasteiger partial charge in [0.1, 0.15) is 11.8 Å². The van der Waals surface area contributed by atoms with Crippen molar-refractivity contribution in [2.45, 2.75) is 39.3 Å². The highest BCUT2D eigenvalue weighted by molar-refractivity contribution is 6.08. The predicted molar refractivity (Wildman–Crippen MR) is 88.3 cm³/mol. The van der Waals surface area contributed by atoms with Crippen molar-refractivity contribution in [3.8, 4) is 0 Å². The van der Waals surface area contributed by atoms with Crippen molar-refractivity contribution < 1.29 is 14.3 Å². The van der Waals surface area contributed by atoms with E-state index in [0.717, 1.165) is 5.56 Å². The van der Waals surface area contributed by atoms with Crippen LogP contribution in [0.4, 0.5) is 0 Å². The first kappa shape index (κ1) is 17.2. The number of carbonyl (C=O) groups excluding carboxylic acids is 2. The second-order valence-electron chi connectivity index (χ2n) is 6.18. The van der Waals surface area contributed by atoms with Gasteiger partial charge < -0.3 is 10.5 Å². The third-order valence-corrected chi connectivity index (χ3v) is 4.26. The van der Waals surface area contributed by atoms with Crippen LogP contribution in [0.5, 0.6) is 0 Å². The quantitative estimate of drug-likeness (QED) is 0.900. The second kappa shape index (κ2) is 6.96. The molecule has 2 rings (SSSR count). The number of amides is 2. The molecule has 5 nitrogen and oxygen atoms in total. The molecule has 0 saturated heterocycles. The topological polar surface area (TPSA) is 72.6 Å². The number of carbonyl (C=O) groups is 2. The molecule has 2 atom stereocenters. The van der Waals surface area contributed by atoms with Crippen molar-refractivity contribution in [3.05, 3.63) is 47.2 Å². The molecule has 0 aromatic heterocycles. The van der Waals surface area contributed by atoms with Gasteiger partial charge in [0.25, 0.3) is 5.91 Å². The summed E-state index contributed by atoms with van der Waals surface area (Å²) >= 11 is 0. The zero-order valence-electron chi connectivity index (χ0n) is 14.1. The van der Waals surface area contributed by atoms with Crippen LogP contribution >= 0.6 is 0 Å². The third-order valence-electron chi connectivity index (χ3n) is 4.26. The molecular weight excluding hydrogens is 292 g/mol. The Kier molecular flexibility index (Phi) is 5.21. The molecule has 0 radical (unpaired) electrons. The summed E-state index contributed by atoms with van der Waals surface area (Å²) in [6, 6.07) is 8.59. The van der Waals surface area contributed by atoms with Gasteiger partial charge in [-0.2, -0.15) is 0 Å². The average Bonchev–Trinajstić information content (AvgIpc) is 2.77. The van der Waals surface area contributed by atoms with E-state index in [2.05, 4.69) is 0 Å². The minimum absolute atomic E-state index is 0.0421. The van der Waals surface area contributed by atoms with E-state index < -0.39 is 12.1 Å². The molecule has 1 aliphatic rings. The molecule has 124 valence electrons. The summed E-state index contributed by atoms with van der Waals surface area (Å²) in [6.07, 6.45) is 0.518. The lowest BCUT2D eigenvalue weighted by Crippen LogP contribution is -2.51. The van der Waals surface area contributed by atoms with Crippen LogP contribution in [0.25, 0.3) is 0 Å². The SMILES string of the molecule is COC1=C(C)C(=O)N(C(=O)[C@H](N)C(C)C)[C@H]1Cc1ccccc1. The van der Waals surface area contributed by atoms with Gasteiger partial charge in [0.2, 0.25) is 5.91 Å². The van der Waals surface area contributed by atoms with Crippen molar-refractivity contribution in [1.82, 2.24) is 4.90 Å². The Morgan fingerprint density at radius 1 is 1.30 bits per heavy atom. The van der Waals surface area contributed by atoms with E-state index in [1.54, 1.807) is 6.92 Å². The van der Waals surface area contributed by atoms with Crippen LogP contribution in [0.15, 0.2) is 41.7 Å². The van der Waals surface area contributed by atoms with E-state index in [1.807, 2.05) is 44.2 Å². The number of methoxy groups -OCH3 is 1. The highest BCUT2D eigenvalue weighted by atomic mass is 16.5. The Labute approximate surface area is 137 Å². The number of benzene rings is 1. The first-order valence-electron chi connectivity index (χ1n) is 7.80. The van der Waals surface area contributed by atoms with Gasteiger partial charge in [-0.15, -0.1) is 0 Å². The zero-order valence-corrected chi connectivity index (χ0v) is 14.1. The van der Waals surface area contributed by atoms with Crippen LogP contribution in [0.3, 0.4) is 0 Å². The monoisotopic (exact) mass is 316 g/mol. The minimum atomic E-state index is -0.707. The molecule has 0 saturated carbocycles. The Morgan fingerprint density at radius 2 is 1.91 bits per heavy atom. The third kappa shape index (κ3) is 3.29. The molecule has 1 aromatic rings. The van der Waals surface area contributed by atoms with Gasteiger partial charge in [-0.3, -0.25) is 14.5 Å². The number of nitrogens with zero attached hydrogens (tertiary/aromatic N) is 1. The molecule has 2 N–H and O–H groups in total. The van der Waals surface area contributed by atoms with E-state index in [9.17, 15) is 9.59 Å². The van der Waals surface area contributed by atoms with Crippen molar-refractivity contribution in [1.29, 1.82) is 0 Å². The van der Waals surface area contributed by atoms with E-state index in [0.29, 0.717) is 17.8 Å². The standard InChI is InChI=1S/C18H24N2O3/c1-11(2)15(19)18(22)20-14(10-13-8-6-5-7-9-13)16(23-4)12(3)17(20)21/h5-9,11,14-15H,10,19H2,1-4H3/t14-,15+/m0/s1. The summed E-state index contributed by atoms with van der Waals surface area (Å²) < 4.78 is 5.42. The summed E-state index contributed by atoms with van der Waals surface area (Å²) in [4.78, 5) is 26.5. The molecule has 1 heterocycles. The average molecular weight is 316 g/mol. The Hall–Kier alpha value is -2.14. The van der Waals surface area contributed by atoms with Crippen LogP contribution in [0.1, 0.15) is 26.3 Å². The first-order chi connectivity index (χ1) is 10.9. The van der Waals surface area contributed by atoms with E-state index in [1.165, 1.54) is 12.0 Å². The fourth-order valence-electron chi connectivity index (χ4n) is 2.80. The largest absolute Gasteiger partial charge is 0.498 e. The summed E-state index contributed by atoms with van der Waals surface area (Å²) in [5.41, 5.74) is 7.49. The van der Waals surface area contributed by atoms with Gasteiger partial charge in [0, 0.05) is 6.42 Å². The lowest BCUT2D eigenvalue weighted by molar-refractivity contribution is -0.145. The van der Waals surface area contributed by atoms with Crippen molar-refractivity contribution in [2.75, 3.05) is 7.11 Å². The van der Waals surface area contributed by atoms with Crippen LogP contribution in [0, 0.1) is 5.92 Å². The summed E-state index contributed by atoms with van der Waals surface area (Å²) in [7, 11) is 1.53. The molecule has 23 heavy (non-hydrogen) atoms. The first-order valence-corrected chi connectivity index (χ1v) is 7.80. The molecule has 0 bridgehead atoms. The highest BCUT2D eigenvalue weighted by Gasteiger charge is 2.43. The lowest BCUT2D eigenvalue weighted by atomic mass is 10.0. The normalized spacial score (nSPS) is 19.5. The van der Waals surface area contributed by atoms with Gasteiger partial charge in [-0.25, -0.2) is 0 Å². The predicted octanol–water partition coefficient (Wildman–Crippen LogP) is 1.87. The van der Waals surface area contributed by atoms with Crippen LogP contribution in [-0.4, -0.2) is 35.9 Å². The van der Waals surface area contributed by atoms with Gasteiger partial charge >= 0.3 is 0 Å². The molecule has 5 heteroatoms. The number of ether oxygens (including phenoxy) is 1. The molecule has 0 unspecified atom stereocenters. The summed E-state index contributed by atoms with van der Waals surface area (Å²) in [5, 5.41) is 0. The smallest absolute Gasteiger partial charge is 0.260 e. The molecular formula is C18H24N2O3. The minimum Gasteiger partial charge on any atom is -0.498 e. The number of hydrogen-bond donors (Lipinski definition) is 1. The van der Waals surface area contributed by atoms with Gasteiger partial charge in [-0.1, -0.05) is 44.2 Å². The summed E-state index contributed by atoms with van der Waals surface area (Å²) in [5.74, 6) is -0.163. The zero-order chi connectivity index (χ0) is 17.1. The maximum absolute atomic E-state index is 12.7. The second-order valence-corrected chi connectivity index (χ2v) is 6.18. The molecule has 0 fully saturated rings. The van der Waals surface area contributed by atoms with Crippen LogP contribution in [0.2, 0.25) is 0 Å². The van der Waals surface area contributed by atoms with E-state index in [-0.39, 0.29) is 17.7 Å². The van der Waals surface area contributed by atoms with Gasteiger partial charge in [-0.05, 0) is 18.4 Å². The van der Waals surface area contributed by atoms with E-state index >= 15 is 0 Å². The van der Waals surface area contributed by atoms with E-state index in [4.69, 9.17) is 10.5 Å². The van der Waals surface area contributed by atoms with Gasteiger partial charge in [0.05, 0.1) is 18.7 Å². The highest BCUT2D eigenvalue weighted by Crippen LogP contribution is 2.30.